The number of carbonyl (C=O) groups excluding carboxylic acids is 1. The molecule has 0 bridgehead atoms. The molecule has 3 N–H and O–H groups in total. The largest absolute Gasteiger partial charge is 0.494 e. The molecule has 1 aliphatic rings. The van der Waals surface area contributed by atoms with E-state index in [0.29, 0.717) is 13.0 Å². The average Bonchev–Trinajstić information content (AvgIpc) is 3.10. The van der Waals surface area contributed by atoms with Gasteiger partial charge >= 0.3 is 0 Å². The molecule has 2 atom stereocenters. The van der Waals surface area contributed by atoms with E-state index in [1.54, 1.807) is 0 Å². The summed E-state index contributed by atoms with van der Waals surface area (Å²) in [4.78, 5) is 14.7. The monoisotopic (exact) mass is 429 g/mol. The lowest BCUT2D eigenvalue weighted by Gasteiger charge is -2.28. The molecule has 0 saturated carbocycles. The van der Waals surface area contributed by atoms with Gasteiger partial charge in [-0.05, 0) is 55.2 Å². The lowest BCUT2D eigenvalue weighted by molar-refractivity contribution is -0.116. The van der Waals surface area contributed by atoms with Gasteiger partial charge in [-0.25, -0.2) is 0 Å². The van der Waals surface area contributed by atoms with Crippen molar-refractivity contribution in [1.82, 2.24) is 0 Å². The number of fused-ring (bicyclic) bond motifs is 1. The Labute approximate surface area is 190 Å². The molecule has 2 unspecified atom stereocenters. The highest BCUT2D eigenvalue weighted by Gasteiger charge is 2.36. The van der Waals surface area contributed by atoms with Crippen molar-refractivity contribution in [2.24, 2.45) is 5.73 Å². The fraction of sp³-hybridized carbons (Fsp3) is 0.296. The third-order valence-corrected chi connectivity index (χ3v) is 6.02. The maximum Gasteiger partial charge on any atom is 0.224 e. The van der Waals surface area contributed by atoms with Crippen LogP contribution in [0.3, 0.4) is 0 Å². The van der Waals surface area contributed by atoms with Gasteiger partial charge < -0.3 is 20.7 Å². The SMILES string of the molecule is CCOc1ccc2c(c1)N(CC)C(c1ccc(NC(=O)CCc3ccccc3)cc1)C2N. The Morgan fingerprint density at radius 1 is 1.03 bits per heavy atom. The summed E-state index contributed by atoms with van der Waals surface area (Å²) in [5.41, 5.74) is 12.1. The van der Waals surface area contributed by atoms with E-state index >= 15 is 0 Å². The summed E-state index contributed by atoms with van der Waals surface area (Å²) in [5, 5.41) is 3.00. The number of nitrogens with two attached hydrogens (primary N) is 1. The number of nitrogens with zero attached hydrogens (tertiary/aromatic N) is 1. The van der Waals surface area contributed by atoms with Gasteiger partial charge in [0.1, 0.15) is 5.75 Å². The number of nitrogens with one attached hydrogen (secondary N) is 1. The normalized spacial score (nSPS) is 17.2. The number of aryl methyl sites for hydroxylation is 1. The van der Waals surface area contributed by atoms with E-state index in [1.807, 2.05) is 55.5 Å². The molecule has 5 heteroatoms. The summed E-state index contributed by atoms with van der Waals surface area (Å²) in [7, 11) is 0. The number of likely N-dealkylation sites (N-methyl/N-ethyl adjacent to an activating group) is 1. The minimum atomic E-state index is -0.119. The Hall–Kier alpha value is -3.31. The molecule has 0 aromatic heterocycles. The molecular weight excluding hydrogens is 398 g/mol. The number of amides is 1. The molecule has 3 aromatic rings. The van der Waals surface area contributed by atoms with Crippen molar-refractivity contribution in [3.63, 3.8) is 0 Å². The van der Waals surface area contributed by atoms with E-state index < -0.39 is 0 Å². The first-order chi connectivity index (χ1) is 15.6. The van der Waals surface area contributed by atoms with Gasteiger partial charge in [-0.2, -0.15) is 0 Å². The Morgan fingerprint density at radius 3 is 2.47 bits per heavy atom. The summed E-state index contributed by atoms with van der Waals surface area (Å²) in [5.74, 6) is 0.885. The van der Waals surface area contributed by atoms with Crippen molar-refractivity contribution >= 4 is 17.3 Å². The van der Waals surface area contributed by atoms with Crippen molar-refractivity contribution in [3.8, 4) is 5.75 Å². The topological polar surface area (TPSA) is 67.6 Å². The van der Waals surface area contributed by atoms with Crippen LogP contribution in [0.25, 0.3) is 0 Å². The van der Waals surface area contributed by atoms with Crippen molar-refractivity contribution in [2.45, 2.75) is 38.8 Å². The Bertz CT molecular complexity index is 1050. The van der Waals surface area contributed by atoms with Crippen molar-refractivity contribution in [3.05, 3.63) is 89.5 Å². The molecule has 0 spiro atoms. The molecule has 1 amide bonds. The molecule has 0 saturated heterocycles. The highest BCUT2D eigenvalue weighted by molar-refractivity contribution is 5.90. The first-order valence-electron chi connectivity index (χ1n) is 11.3. The van der Waals surface area contributed by atoms with Crippen LogP contribution in [-0.4, -0.2) is 19.1 Å². The Balaban J connectivity index is 1.44. The highest BCUT2D eigenvalue weighted by Crippen LogP contribution is 2.47. The van der Waals surface area contributed by atoms with Gasteiger partial charge in [-0.15, -0.1) is 0 Å². The number of benzene rings is 3. The molecule has 5 nitrogen and oxygen atoms in total. The van der Waals surface area contributed by atoms with Crippen LogP contribution in [-0.2, 0) is 11.2 Å². The number of hydrogen-bond acceptors (Lipinski definition) is 4. The average molecular weight is 430 g/mol. The zero-order chi connectivity index (χ0) is 22.5. The van der Waals surface area contributed by atoms with E-state index in [0.717, 1.165) is 41.2 Å². The van der Waals surface area contributed by atoms with Crippen molar-refractivity contribution in [1.29, 1.82) is 0 Å². The highest BCUT2D eigenvalue weighted by atomic mass is 16.5. The zero-order valence-electron chi connectivity index (χ0n) is 18.8. The third-order valence-electron chi connectivity index (χ3n) is 6.02. The predicted octanol–water partition coefficient (Wildman–Crippen LogP) is 5.24. The maximum atomic E-state index is 12.4. The summed E-state index contributed by atoms with van der Waals surface area (Å²) in [6.07, 6.45) is 1.19. The first kappa shape index (κ1) is 21.9. The second-order valence-electron chi connectivity index (χ2n) is 8.07. The molecule has 3 aromatic carbocycles. The fourth-order valence-electron chi connectivity index (χ4n) is 4.47. The van der Waals surface area contributed by atoms with Crippen LogP contribution in [0.15, 0.2) is 72.8 Å². The zero-order valence-corrected chi connectivity index (χ0v) is 18.8. The van der Waals surface area contributed by atoms with Crippen LogP contribution in [0.4, 0.5) is 11.4 Å². The molecule has 0 fully saturated rings. The van der Waals surface area contributed by atoms with E-state index in [9.17, 15) is 4.79 Å². The lowest BCUT2D eigenvalue weighted by Crippen LogP contribution is -2.29. The van der Waals surface area contributed by atoms with Gasteiger partial charge in [0.05, 0.1) is 18.7 Å². The number of ether oxygens (including phenoxy) is 1. The summed E-state index contributed by atoms with van der Waals surface area (Å²) in [6, 6.07) is 24.2. The smallest absolute Gasteiger partial charge is 0.224 e. The lowest BCUT2D eigenvalue weighted by atomic mass is 9.97. The van der Waals surface area contributed by atoms with Gasteiger partial charge in [0.2, 0.25) is 5.91 Å². The Kier molecular flexibility index (Phi) is 6.76. The summed E-state index contributed by atoms with van der Waals surface area (Å²) >= 11 is 0. The molecule has 1 aliphatic heterocycles. The standard InChI is InChI=1S/C27H31N3O2/c1-3-30-24-18-22(32-4-2)15-16-23(24)26(28)27(30)20-11-13-21(14-12-20)29-25(31)17-10-19-8-6-5-7-9-19/h5-9,11-16,18,26-27H,3-4,10,17,28H2,1-2H3,(H,29,31). The quantitative estimate of drug-likeness (QED) is 0.514. The van der Waals surface area contributed by atoms with Gasteiger partial charge in [-0.1, -0.05) is 48.5 Å². The number of anilines is 2. The molecule has 0 aliphatic carbocycles. The van der Waals surface area contributed by atoms with Gasteiger partial charge in [0.25, 0.3) is 0 Å². The predicted molar refractivity (Wildman–Crippen MR) is 130 cm³/mol. The van der Waals surface area contributed by atoms with E-state index in [-0.39, 0.29) is 18.0 Å². The van der Waals surface area contributed by atoms with Crippen LogP contribution in [0.5, 0.6) is 5.75 Å². The second kappa shape index (κ2) is 9.88. The third kappa shape index (κ3) is 4.63. The van der Waals surface area contributed by atoms with Crippen LogP contribution in [0.2, 0.25) is 0 Å². The van der Waals surface area contributed by atoms with E-state index in [2.05, 4.69) is 41.4 Å². The number of hydrogen-bond donors (Lipinski definition) is 2. The fourth-order valence-corrected chi connectivity index (χ4v) is 4.47. The van der Waals surface area contributed by atoms with Crippen LogP contribution in [0, 0.1) is 0 Å². The molecule has 0 radical (unpaired) electrons. The molecule has 1 heterocycles. The van der Waals surface area contributed by atoms with Crippen LogP contribution >= 0.6 is 0 Å². The van der Waals surface area contributed by atoms with Gasteiger partial charge in [0, 0.05) is 30.4 Å². The second-order valence-corrected chi connectivity index (χ2v) is 8.07. The summed E-state index contributed by atoms with van der Waals surface area (Å²) < 4.78 is 5.69. The first-order valence-corrected chi connectivity index (χ1v) is 11.3. The molecule has 166 valence electrons. The number of rotatable bonds is 8. The van der Waals surface area contributed by atoms with E-state index in [4.69, 9.17) is 10.5 Å². The Morgan fingerprint density at radius 2 is 1.78 bits per heavy atom. The minimum absolute atomic E-state index is 0.0187. The number of carbonyl (C=O) groups is 1. The summed E-state index contributed by atoms with van der Waals surface area (Å²) in [6.45, 7) is 5.61. The molecule has 4 rings (SSSR count). The minimum Gasteiger partial charge on any atom is -0.494 e. The van der Waals surface area contributed by atoms with Crippen molar-refractivity contribution < 1.29 is 9.53 Å². The van der Waals surface area contributed by atoms with E-state index in [1.165, 1.54) is 5.56 Å². The van der Waals surface area contributed by atoms with Gasteiger partial charge in [0.15, 0.2) is 0 Å². The van der Waals surface area contributed by atoms with Crippen LogP contribution < -0.4 is 20.7 Å². The maximum absolute atomic E-state index is 12.4. The molecular formula is C27H31N3O2. The van der Waals surface area contributed by atoms with Gasteiger partial charge in [-0.3, -0.25) is 4.79 Å². The van der Waals surface area contributed by atoms with Crippen LogP contribution in [0.1, 0.15) is 49.0 Å². The molecule has 32 heavy (non-hydrogen) atoms. The van der Waals surface area contributed by atoms with Crippen molar-refractivity contribution in [2.75, 3.05) is 23.4 Å².